The van der Waals surface area contributed by atoms with Crippen molar-refractivity contribution in [1.82, 2.24) is 4.57 Å². The molecular weight excluding hydrogens is 427 g/mol. The minimum Gasteiger partial charge on any atom is -0.380 e. The Labute approximate surface area is 182 Å². The highest BCUT2D eigenvalue weighted by Gasteiger charge is 2.13. The highest BCUT2D eigenvalue weighted by atomic mass is 35.5. The first-order valence-corrected chi connectivity index (χ1v) is 10.8. The van der Waals surface area contributed by atoms with E-state index in [-0.39, 0.29) is 5.91 Å². The van der Waals surface area contributed by atoms with E-state index in [1.54, 1.807) is 12.1 Å². The van der Waals surface area contributed by atoms with Crippen molar-refractivity contribution in [2.24, 2.45) is 4.99 Å². The Kier molecular flexibility index (Phi) is 6.01. The Morgan fingerprint density at radius 2 is 1.90 bits per heavy atom. The predicted molar refractivity (Wildman–Crippen MR) is 120 cm³/mol. The van der Waals surface area contributed by atoms with E-state index in [0.29, 0.717) is 40.2 Å². The highest BCUT2D eigenvalue weighted by Crippen LogP contribution is 2.29. The van der Waals surface area contributed by atoms with Gasteiger partial charge in [-0.1, -0.05) is 64.9 Å². The third-order valence-electron chi connectivity index (χ3n) is 4.55. The molecule has 0 fully saturated rings. The van der Waals surface area contributed by atoms with Crippen LogP contribution in [0.1, 0.15) is 17.3 Å². The fraction of sp³-hybridized carbons (Fsp3) is 0.182. The molecule has 0 spiro atoms. The quantitative estimate of drug-likeness (QED) is 0.357. The maximum Gasteiger partial charge on any atom is 0.279 e. The van der Waals surface area contributed by atoms with Crippen LogP contribution < -0.4 is 4.80 Å². The number of halogens is 2. The molecular formula is C22H18Cl2N2O2S. The van der Waals surface area contributed by atoms with Crippen molar-refractivity contribution in [2.45, 2.75) is 13.5 Å². The van der Waals surface area contributed by atoms with Gasteiger partial charge in [-0.15, -0.1) is 0 Å². The van der Waals surface area contributed by atoms with Crippen molar-refractivity contribution in [1.29, 1.82) is 0 Å². The van der Waals surface area contributed by atoms with Crippen molar-refractivity contribution in [3.05, 3.63) is 75.0 Å². The lowest BCUT2D eigenvalue weighted by molar-refractivity contribution is 0.0997. The smallest absolute Gasteiger partial charge is 0.279 e. The standard InChI is InChI=1S/C22H18Cl2N2O2S/c1-2-28-10-9-26-20-18(24)12-17(23)13-19(20)29-22(26)25-21(27)16-8-7-14-5-3-4-6-15(14)11-16/h3-8,11-13H,2,9-10H2,1H3. The molecule has 29 heavy (non-hydrogen) atoms. The van der Waals surface area contributed by atoms with Crippen LogP contribution in [-0.4, -0.2) is 23.7 Å². The summed E-state index contributed by atoms with van der Waals surface area (Å²) in [5, 5.41) is 3.16. The molecule has 4 aromatic rings. The van der Waals surface area contributed by atoms with E-state index < -0.39 is 0 Å². The number of benzene rings is 3. The third kappa shape index (κ3) is 4.23. The number of hydrogen-bond donors (Lipinski definition) is 0. The molecule has 4 rings (SSSR count). The zero-order valence-corrected chi connectivity index (χ0v) is 18.0. The normalized spacial score (nSPS) is 12.2. The van der Waals surface area contributed by atoms with Crippen molar-refractivity contribution in [3.63, 3.8) is 0 Å². The van der Waals surface area contributed by atoms with Gasteiger partial charge in [0.15, 0.2) is 4.80 Å². The maximum absolute atomic E-state index is 12.9. The summed E-state index contributed by atoms with van der Waals surface area (Å²) < 4.78 is 8.30. The van der Waals surface area contributed by atoms with Gasteiger partial charge in [0.05, 0.1) is 21.8 Å². The summed E-state index contributed by atoms with van der Waals surface area (Å²) in [7, 11) is 0. The number of amides is 1. The zero-order chi connectivity index (χ0) is 20.4. The van der Waals surface area contributed by atoms with Gasteiger partial charge in [0, 0.05) is 23.7 Å². The van der Waals surface area contributed by atoms with Gasteiger partial charge in [-0.25, -0.2) is 0 Å². The van der Waals surface area contributed by atoms with Crippen molar-refractivity contribution in [2.75, 3.05) is 13.2 Å². The van der Waals surface area contributed by atoms with Crippen LogP contribution in [0.3, 0.4) is 0 Å². The van der Waals surface area contributed by atoms with Gasteiger partial charge in [0.2, 0.25) is 0 Å². The number of ether oxygens (including phenoxy) is 1. The zero-order valence-electron chi connectivity index (χ0n) is 15.7. The Bertz CT molecular complexity index is 1280. The summed E-state index contributed by atoms with van der Waals surface area (Å²) in [6.45, 7) is 3.60. The molecule has 7 heteroatoms. The summed E-state index contributed by atoms with van der Waals surface area (Å²) in [6.07, 6.45) is 0. The second kappa shape index (κ2) is 8.67. The molecule has 0 radical (unpaired) electrons. The molecule has 0 unspecified atom stereocenters. The Morgan fingerprint density at radius 3 is 2.69 bits per heavy atom. The molecule has 0 bridgehead atoms. The van der Waals surface area contributed by atoms with Crippen LogP contribution in [0.2, 0.25) is 10.0 Å². The Hall–Kier alpha value is -2.18. The molecule has 0 atom stereocenters. The monoisotopic (exact) mass is 444 g/mol. The van der Waals surface area contributed by atoms with Gasteiger partial charge in [-0.2, -0.15) is 4.99 Å². The van der Waals surface area contributed by atoms with Gasteiger partial charge in [-0.3, -0.25) is 4.79 Å². The van der Waals surface area contributed by atoms with E-state index in [1.807, 2.05) is 54.0 Å². The van der Waals surface area contributed by atoms with E-state index in [9.17, 15) is 4.79 Å². The summed E-state index contributed by atoms with van der Waals surface area (Å²) in [6, 6.07) is 17.1. The summed E-state index contributed by atoms with van der Waals surface area (Å²) in [4.78, 5) is 17.9. The van der Waals surface area contributed by atoms with Crippen molar-refractivity contribution >= 4 is 61.4 Å². The number of thiazole rings is 1. The van der Waals surface area contributed by atoms with Gasteiger partial charge >= 0.3 is 0 Å². The topological polar surface area (TPSA) is 43.6 Å². The van der Waals surface area contributed by atoms with Crippen LogP contribution >= 0.6 is 34.5 Å². The first-order chi connectivity index (χ1) is 14.1. The average Bonchev–Trinajstić information content (AvgIpc) is 3.04. The van der Waals surface area contributed by atoms with E-state index in [2.05, 4.69) is 4.99 Å². The summed E-state index contributed by atoms with van der Waals surface area (Å²) in [5.74, 6) is -0.297. The van der Waals surface area contributed by atoms with Crippen LogP contribution in [0.25, 0.3) is 21.0 Å². The number of rotatable bonds is 5. The lowest BCUT2D eigenvalue weighted by Crippen LogP contribution is -2.20. The molecule has 1 aromatic heterocycles. The maximum atomic E-state index is 12.9. The molecule has 0 N–H and O–H groups in total. The predicted octanol–water partition coefficient (Wildman–Crippen LogP) is 5.94. The minimum atomic E-state index is -0.297. The number of aromatic nitrogens is 1. The number of fused-ring (bicyclic) bond motifs is 2. The molecule has 3 aromatic carbocycles. The number of hydrogen-bond acceptors (Lipinski definition) is 3. The first kappa shape index (κ1) is 20.1. The lowest BCUT2D eigenvalue weighted by Gasteiger charge is -2.07. The van der Waals surface area contributed by atoms with Gasteiger partial charge in [-0.05, 0) is 42.0 Å². The van der Waals surface area contributed by atoms with E-state index in [1.165, 1.54) is 11.3 Å². The highest BCUT2D eigenvalue weighted by molar-refractivity contribution is 7.16. The largest absolute Gasteiger partial charge is 0.380 e. The Morgan fingerprint density at radius 1 is 1.10 bits per heavy atom. The minimum absolute atomic E-state index is 0.297. The van der Waals surface area contributed by atoms with Crippen molar-refractivity contribution < 1.29 is 9.53 Å². The number of nitrogens with zero attached hydrogens (tertiary/aromatic N) is 2. The van der Waals surface area contributed by atoms with E-state index in [0.717, 1.165) is 21.0 Å². The van der Waals surface area contributed by atoms with Crippen LogP contribution in [0.15, 0.2) is 59.6 Å². The van der Waals surface area contributed by atoms with Gasteiger partial charge < -0.3 is 9.30 Å². The Balaban J connectivity index is 1.81. The molecule has 1 heterocycles. The first-order valence-electron chi connectivity index (χ1n) is 9.21. The fourth-order valence-corrected chi connectivity index (χ4v) is 5.03. The molecule has 0 saturated heterocycles. The second-order valence-corrected chi connectivity index (χ2v) is 8.30. The fourth-order valence-electron chi connectivity index (χ4n) is 3.20. The molecule has 0 saturated carbocycles. The molecule has 0 aliphatic carbocycles. The third-order valence-corrected chi connectivity index (χ3v) is 6.08. The molecule has 0 aliphatic heterocycles. The van der Waals surface area contributed by atoms with E-state index in [4.69, 9.17) is 27.9 Å². The molecule has 0 aliphatic rings. The van der Waals surface area contributed by atoms with E-state index >= 15 is 0 Å². The van der Waals surface area contributed by atoms with Crippen LogP contribution in [0, 0.1) is 0 Å². The molecule has 4 nitrogen and oxygen atoms in total. The SMILES string of the molecule is CCOCCn1c(=NC(=O)c2ccc3ccccc3c2)sc2cc(Cl)cc(Cl)c21. The van der Waals surface area contributed by atoms with Crippen LogP contribution in [0.5, 0.6) is 0 Å². The second-order valence-electron chi connectivity index (χ2n) is 6.45. The summed E-state index contributed by atoms with van der Waals surface area (Å²) >= 11 is 14.0. The summed E-state index contributed by atoms with van der Waals surface area (Å²) in [5.41, 5.74) is 1.35. The van der Waals surface area contributed by atoms with Gasteiger partial charge in [0.1, 0.15) is 0 Å². The average molecular weight is 445 g/mol. The molecule has 1 amide bonds. The van der Waals surface area contributed by atoms with Crippen molar-refractivity contribution in [3.8, 4) is 0 Å². The number of carbonyl (C=O) groups is 1. The van der Waals surface area contributed by atoms with Crippen LogP contribution in [-0.2, 0) is 11.3 Å². The van der Waals surface area contributed by atoms with Gasteiger partial charge in [0.25, 0.3) is 5.91 Å². The molecule has 148 valence electrons. The lowest BCUT2D eigenvalue weighted by atomic mass is 10.1. The van der Waals surface area contributed by atoms with Crippen LogP contribution in [0.4, 0.5) is 0 Å². The number of carbonyl (C=O) groups excluding carboxylic acids is 1.